The summed E-state index contributed by atoms with van der Waals surface area (Å²) in [5.74, 6) is 1.36. The first-order valence-electron chi connectivity index (χ1n) is 8.82. The normalized spacial score (nSPS) is 16.6. The van der Waals surface area contributed by atoms with Gasteiger partial charge in [0, 0.05) is 31.6 Å². The number of ether oxygens (including phenoxy) is 1. The lowest BCUT2D eigenvalue weighted by atomic mass is 9.97. The van der Waals surface area contributed by atoms with Crippen molar-refractivity contribution in [2.45, 2.75) is 45.8 Å². The number of rotatable bonds is 4. The predicted octanol–water partition coefficient (Wildman–Crippen LogP) is 3.06. The monoisotopic (exact) mass is 366 g/mol. The number of carbonyl (C=O) groups excluding carboxylic acids is 1. The van der Waals surface area contributed by atoms with Crippen LogP contribution in [0.1, 0.15) is 38.5 Å². The highest BCUT2D eigenvalue weighted by molar-refractivity contribution is 7.09. The summed E-state index contributed by atoms with van der Waals surface area (Å²) in [6.07, 6.45) is 1.76. The third-order valence-electron chi connectivity index (χ3n) is 4.06. The second-order valence-electron chi connectivity index (χ2n) is 7.30. The van der Waals surface area contributed by atoms with Gasteiger partial charge in [0.2, 0.25) is 0 Å². The summed E-state index contributed by atoms with van der Waals surface area (Å²) in [5.41, 5.74) is -0.434. The number of guanidine groups is 1. The summed E-state index contributed by atoms with van der Waals surface area (Å²) in [4.78, 5) is 19.5. The van der Waals surface area contributed by atoms with Crippen molar-refractivity contribution in [3.05, 3.63) is 22.4 Å². The van der Waals surface area contributed by atoms with Crippen molar-refractivity contribution in [3.63, 3.8) is 0 Å². The van der Waals surface area contributed by atoms with E-state index in [9.17, 15) is 4.79 Å². The second kappa shape index (κ2) is 9.08. The van der Waals surface area contributed by atoms with Gasteiger partial charge in [-0.1, -0.05) is 6.07 Å². The summed E-state index contributed by atoms with van der Waals surface area (Å²) in [6.45, 7) is 8.86. The molecule has 1 amide bonds. The Morgan fingerprint density at radius 1 is 1.36 bits per heavy atom. The van der Waals surface area contributed by atoms with E-state index in [0.29, 0.717) is 5.92 Å². The van der Waals surface area contributed by atoms with E-state index in [0.717, 1.165) is 45.0 Å². The molecule has 1 aromatic rings. The number of piperidine rings is 1. The molecular weight excluding hydrogens is 336 g/mol. The number of nitrogens with one attached hydrogen (secondary N) is 2. The van der Waals surface area contributed by atoms with Gasteiger partial charge in [-0.05, 0) is 51.0 Å². The highest BCUT2D eigenvalue weighted by atomic mass is 32.1. The Bertz CT molecular complexity index is 558. The van der Waals surface area contributed by atoms with Gasteiger partial charge in [-0.3, -0.25) is 4.99 Å². The van der Waals surface area contributed by atoms with Crippen LogP contribution in [-0.4, -0.2) is 49.2 Å². The van der Waals surface area contributed by atoms with Crippen LogP contribution < -0.4 is 10.6 Å². The molecule has 0 saturated carbocycles. The Kier molecular flexibility index (Phi) is 7.11. The average Bonchev–Trinajstić information content (AvgIpc) is 3.07. The number of likely N-dealkylation sites (tertiary alicyclic amines) is 1. The van der Waals surface area contributed by atoms with Crippen LogP contribution >= 0.6 is 11.3 Å². The van der Waals surface area contributed by atoms with Crippen molar-refractivity contribution in [1.29, 1.82) is 0 Å². The fraction of sp³-hybridized carbons (Fsp3) is 0.667. The van der Waals surface area contributed by atoms with Crippen molar-refractivity contribution in [1.82, 2.24) is 15.5 Å². The zero-order chi connectivity index (χ0) is 18.3. The highest BCUT2D eigenvalue weighted by Crippen LogP contribution is 2.19. The lowest BCUT2D eigenvalue weighted by Crippen LogP contribution is -2.45. The smallest absolute Gasteiger partial charge is 0.410 e. The van der Waals surface area contributed by atoms with E-state index in [4.69, 9.17) is 4.74 Å². The SMILES string of the molecule is CN=C(NCc1cccs1)NCC1CCN(C(=O)OC(C)(C)C)CC1. The van der Waals surface area contributed by atoms with Crippen LogP contribution in [0.25, 0.3) is 0 Å². The molecule has 0 aliphatic carbocycles. The number of hydrogen-bond acceptors (Lipinski definition) is 4. The molecule has 1 aromatic heterocycles. The molecule has 1 aliphatic heterocycles. The van der Waals surface area contributed by atoms with Gasteiger partial charge in [-0.25, -0.2) is 4.79 Å². The number of hydrogen-bond donors (Lipinski definition) is 2. The minimum atomic E-state index is -0.434. The highest BCUT2D eigenvalue weighted by Gasteiger charge is 2.26. The van der Waals surface area contributed by atoms with Gasteiger partial charge in [0.05, 0.1) is 6.54 Å². The maximum atomic E-state index is 12.1. The maximum Gasteiger partial charge on any atom is 0.410 e. The van der Waals surface area contributed by atoms with Crippen molar-refractivity contribution in [2.75, 3.05) is 26.7 Å². The number of thiophene rings is 1. The zero-order valence-corrected chi connectivity index (χ0v) is 16.5. The molecule has 25 heavy (non-hydrogen) atoms. The van der Waals surface area contributed by atoms with E-state index in [1.165, 1.54) is 4.88 Å². The Morgan fingerprint density at radius 2 is 2.08 bits per heavy atom. The molecule has 0 atom stereocenters. The number of amides is 1. The lowest BCUT2D eigenvalue weighted by Gasteiger charge is -2.33. The molecule has 0 radical (unpaired) electrons. The lowest BCUT2D eigenvalue weighted by molar-refractivity contribution is 0.0185. The fourth-order valence-electron chi connectivity index (χ4n) is 2.69. The van der Waals surface area contributed by atoms with E-state index >= 15 is 0 Å². The van der Waals surface area contributed by atoms with Crippen molar-refractivity contribution < 1.29 is 9.53 Å². The minimum Gasteiger partial charge on any atom is -0.444 e. The van der Waals surface area contributed by atoms with Crippen molar-refractivity contribution in [2.24, 2.45) is 10.9 Å². The van der Waals surface area contributed by atoms with Crippen LogP contribution in [0, 0.1) is 5.92 Å². The molecule has 1 saturated heterocycles. The largest absolute Gasteiger partial charge is 0.444 e. The van der Waals surface area contributed by atoms with E-state index in [2.05, 4.69) is 33.1 Å². The standard InChI is InChI=1S/C18H30N4O2S/c1-18(2,3)24-17(23)22-9-7-14(8-10-22)12-20-16(19-4)21-13-15-6-5-11-25-15/h5-6,11,14H,7-10,12-13H2,1-4H3,(H2,19,20,21). The first-order valence-corrected chi connectivity index (χ1v) is 9.70. The molecule has 0 aromatic carbocycles. The summed E-state index contributed by atoms with van der Waals surface area (Å²) >= 11 is 1.73. The first-order chi connectivity index (χ1) is 11.9. The van der Waals surface area contributed by atoms with Gasteiger partial charge >= 0.3 is 6.09 Å². The number of carbonyl (C=O) groups is 1. The maximum absolute atomic E-state index is 12.1. The summed E-state index contributed by atoms with van der Waals surface area (Å²) in [6, 6.07) is 4.16. The van der Waals surface area contributed by atoms with Crippen LogP contribution in [0.15, 0.2) is 22.5 Å². The Balaban J connectivity index is 1.68. The molecule has 2 N–H and O–H groups in total. The first kappa shape index (κ1) is 19.6. The molecule has 1 aliphatic rings. The van der Waals surface area contributed by atoms with Crippen LogP contribution in [-0.2, 0) is 11.3 Å². The van der Waals surface area contributed by atoms with E-state index in [-0.39, 0.29) is 6.09 Å². The quantitative estimate of drug-likeness (QED) is 0.635. The van der Waals surface area contributed by atoms with Gasteiger partial charge in [-0.15, -0.1) is 11.3 Å². The molecule has 0 spiro atoms. The van der Waals surface area contributed by atoms with Crippen molar-refractivity contribution >= 4 is 23.4 Å². The van der Waals surface area contributed by atoms with Crippen LogP contribution in [0.3, 0.4) is 0 Å². The molecular formula is C18H30N4O2S. The van der Waals surface area contributed by atoms with Crippen LogP contribution in [0.5, 0.6) is 0 Å². The average molecular weight is 367 g/mol. The van der Waals surface area contributed by atoms with Gasteiger partial charge in [0.1, 0.15) is 5.60 Å². The van der Waals surface area contributed by atoms with Gasteiger partial charge in [-0.2, -0.15) is 0 Å². The topological polar surface area (TPSA) is 66.0 Å². The Labute approximate surface area is 154 Å². The molecule has 2 rings (SSSR count). The van der Waals surface area contributed by atoms with E-state index < -0.39 is 5.60 Å². The van der Waals surface area contributed by atoms with Gasteiger partial charge in [0.15, 0.2) is 5.96 Å². The van der Waals surface area contributed by atoms with E-state index in [1.807, 2.05) is 25.7 Å². The zero-order valence-electron chi connectivity index (χ0n) is 15.7. The third kappa shape index (κ3) is 6.94. The number of aliphatic imine (C=N–C) groups is 1. The minimum absolute atomic E-state index is 0.202. The molecule has 140 valence electrons. The van der Waals surface area contributed by atoms with Crippen LogP contribution in [0.4, 0.5) is 4.79 Å². The van der Waals surface area contributed by atoms with Gasteiger partial charge in [0.25, 0.3) is 0 Å². The predicted molar refractivity (Wildman–Crippen MR) is 103 cm³/mol. The second-order valence-corrected chi connectivity index (χ2v) is 8.33. The summed E-state index contributed by atoms with van der Waals surface area (Å²) < 4.78 is 5.44. The summed E-state index contributed by atoms with van der Waals surface area (Å²) in [5, 5.41) is 8.80. The molecule has 0 unspecified atom stereocenters. The molecule has 2 heterocycles. The number of nitrogens with zero attached hydrogens (tertiary/aromatic N) is 2. The van der Waals surface area contributed by atoms with Gasteiger partial charge < -0.3 is 20.3 Å². The molecule has 7 heteroatoms. The molecule has 1 fully saturated rings. The third-order valence-corrected chi connectivity index (χ3v) is 4.93. The molecule has 0 bridgehead atoms. The Morgan fingerprint density at radius 3 is 2.64 bits per heavy atom. The fourth-order valence-corrected chi connectivity index (χ4v) is 3.34. The van der Waals surface area contributed by atoms with E-state index in [1.54, 1.807) is 18.4 Å². The van der Waals surface area contributed by atoms with Crippen LogP contribution in [0.2, 0.25) is 0 Å². The Hall–Kier alpha value is -1.76. The summed E-state index contributed by atoms with van der Waals surface area (Å²) in [7, 11) is 1.79. The molecule has 6 nitrogen and oxygen atoms in total. The van der Waals surface area contributed by atoms with Crippen molar-refractivity contribution in [3.8, 4) is 0 Å².